The molecule has 1 aliphatic rings. The molecule has 1 N–H and O–H groups in total. The summed E-state index contributed by atoms with van der Waals surface area (Å²) in [6.07, 6.45) is 1.82. The Labute approximate surface area is 161 Å². The van der Waals surface area contributed by atoms with Crippen molar-refractivity contribution in [2.75, 3.05) is 23.4 Å². The van der Waals surface area contributed by atoms with Crippen molar-refractivity contribution >= 4 is 39.1 Å². The summed E-state index contributed by atoms with van der Waals surface area (Å²) in [7, 11) is 1.81. The number of ether oxygens (including phenoxy) is 1. The van der Waals surface area contributed by atoms with E-state index < -0.39 is 5.41 Å². The molecule has 0 atom stereocenters. The number of fused-ring (bicyclic) bond motifs is 1. The van der Waals surface area contributed by atoms with Gasteiger partial charge in [-0.1, -0.05) is 20.8 Å². The average molecular weight is 420 g/mol. The van der Waals surface area contributed by atoms with Crippen LogP contribution in [0.1, 0.15) is 31.3 Å². The highest BCUT2D eigenvalue weighted by atomic mass is 79.9. The van der Waals surface area contributed by atoms with Gasteiger partial charge in [-0.05, 0) is 40.2 Å². The van der Waals surface area contributed by atoms with E-state index in [0.717, 1.165) is 4.47 Å². The lowest BCUT2D eigenvalue weighted by atomic mass is 9.94. The van der Waals surface area contributed by atoms with Gasteiger partial charge in [0.25, 0.3) is 5.91 Å². The third-order valence-electron chi connectivity index (χ3n) is 4.17. The Morgan fingerprint density at radius 1 is 1.23 bits per heavy atom. The van der Waals surface area contributed by atoms with Crippen LogP contribution in [0, 0.1) is 5.41 Å². The van der Waals surface area contributed by atoms with E-state index in [1.54, 1.807) is 33.7 Å². The van der Waals surface area contributed by atoms with Crippen LogP contribution in [0.15, 0.2) is 34.9 Å². The first kappa shape index (κ1) is 18.5. The molecule has 0 bridgehead atoms. The maximum absolute atomic E-state index is 12.8. The van der Waals surface area contributed by atoms with Crippen molar-refractivity contribution in [2.24, 2.45) is 12.5 Å². The number of nitrogens with one attached hydrogen (secondary N) is 1. The molecule has 0 fully saturated rings. The van der Waals surface area contributed by atoms with Crippen molar-refractivity contribution in [2.45, 2.75) is 20.8 Å². The van der Waals surface area contributed by atoms with Gasteiger partial charge in [0.1, 0.15) is 18.1 Å². The first-order valence-corrected chi connectivity index (χ1v) is 9.18. The molecular formula is C19H22BrN3O3. The molecule has 2 aromatic rings. The first-order chi connectivity index (χ1) is 12.2. The highest BCUT2D eigenvalue weighted by Crippen LogP contribution is 2.36. The van der Waals surface area contributed by atoms with Crippen LogP contribution in [0.25, 0.3) is 0 Å². The quantitative estimate of drug-likeness (QED) is 0.804. The van der Waals surface area contributed by atoms with Crippen molar-refractivity contribution in [3.05, 3.63) is 40.6 Å². The molecule has 0 spiro atoms. The molecule has 0 radical (unpaired) electrons. The largest absolute Gasteiger partial charge is 0.490 e. The van der Waals surface area contributed by atoms with Gasteiger partial charge in [0, 0.05) is 28.8 Å². The summed E-state index contributed by atoms with van der Waals surface area (Å²) in [5.74, 6) is 0.453. The van der Waals surface area contributed by atoms with Gasteiger partial charge < -0.3 is 19.5 Å². The molecule has 1 aromatic carbocycles. The predicted octanol–water partition coefficient (Wildman–Crippen LogP) is 3.81. The summed E-state index contributed by atoms with van der Waals surface area (Å²) in [6.45, 7) is 6.62. The molecule has 0 unspecified atom stereocenters. The van der Waals surface area contributed by atoms with Gasteiger partial charge in [-0.2, -0.15) is 0 Å². The van der Waals surface area contributed by atoms with Crippen LogP contribution in [0.3, 0.4) is 0 Å². The van der Waals surface area contributed by atoms with Gasteiger partial charge in [-0.25, -0.2) is 0 Å². The number of aromatic nitrogens is 1. The standard InChI is InChI=1S/C19H22BrN3O3/c1-19(2,3)18(25)23-7-8-26-16-6-5-13(10-14(16)23)21-17(24)15-9-12(20)11-22(15)4/h5-6,9-11H,7-8H2,1-4H3,(H,21,24). The highest BCUT2D eigenvalue weighted by molar-refractivity contribution is 9.10. The molecule has 1 aromatic heterocycles. The minimum atomic E-state index is -0.497. The number of anilines is 2. The van der Waals surface area contributed by atoms with Crippen LogP contribution < -0.4 is 15.0 Å². The molecule has 138 valence electrons. The molecule has 0 aliphatic carbocycles. The third-order valence-corrected chi connectivity index (χ3v) is 4.60. The second-order valence-electron chi connectivity index (χ2n) is 7.35. The van der Waals surface area contributed by atoms with Crippen molar-refractivity contribution in [3.8, 4) is 5.75 Å². The number of halogens is 1. The fraction of sp³-hybridized carbons (Fsp3) is 0.368. The average Bonchev–Trinajstić information content (AvgIpc) is 2.91. The summed E-state index contributed by atoms with van der Waals surface area (Å²) in [6, 6.07) is 7.11. The van der Waals surface area contributed by atoms with Gasteiger partial charge in [0.2, 0.25) is 5.91 Å². The lowest BCUT2D eigenvalue weighted by molar-refractivity contribution is -0.126. The normalized spacial score (nSPS) is 13.8. The number of aryl methyl sites for hydroxylation is 1. The molecule has 3 rings (SSSR count). The summed E-state index contributed by atoms with van der Waals surface area (Å²) in [4.78, 5) is 27.0. The fourth-order valence-corrected chi connectivity index (χ4v) is 3.38. The fourth-order valence-electron chi connectivity index (χ4n) is 2.86. The number of carbonyl (C=O) groups is 2. The minimum Gasteiger partial charge on any atom is -0.490 e. The second kappa shape index (κ2) is 6.79. The summed E-state index contributed by atoms with van der Waals surface area (Å²) in [5, 5.41) is 2.89. The minimum absolute atomic E-state index is 0.0249. The molecule has 7 heteroatoms. The maximum Gasteiger partial charge on any atom is 0.272 e. The molecule has 0 saturated carbocycles. The molecule has 2 amide bonds. The number of rotatable bonds is 2. The van der Waals surface area contributed by atoms with E-state index in [1.165, 1.54) is 0 Å². The van der Waals surface area contributed by atoms with Crippen LogP contribution in [-0.2, 0) is 11.8 Å². The van der Waals surface area contributed by atoms with E-state index >= 15 is 0 Å². The van der Waals surface area contributed by atoms with E-state index in [2.05, 4.69) is 21.2 Å². The lowest BCUT2D eigenvalue weighted by Gasteiger charge is -2.34. The van der Waals surface area contributed by atoms with Crippen molar-refractivity contribution in [3.63, 3.8) is 0 Å². The smallest absolute Gasteiger partial charge is 0.272 e. The third kappa shape index (κ3) is 3.62. The Balaban J connectivity index is 1.88. The zero-order valence-corrected chi connectivity index (χ0v) is 16.9. The number of amides is 2. The predicted molar refractivity (Wildman–Crippen MR) is 105 cm³/mol. The summed E-state index contributed by atoms with van der Waals surface area (Å²) >= 11 is 3.37. The van der Waals surface area contributed by atoms with Gasteiger partial charge in [-0.15, -0.1) is 0 Å². The van der Waals surface area contributed by atoms with Crippen molar-refractivity contribution in [1.29, 1.82) is 0 Å². The number of hydrogen-bond acceptors (Lipinski definition) is 3. The van der Waals surface area contributed by atoms with E-state index in [0.29, 0.717) is 36.0 Å². The summed E-state index contributed by atoms with van der Waals surface area (Å²) in [5.41, 5.74) is 1.34. The van der Waals surface area contributed by atoms with Crippen molar-refractivity contribution < 1.29 is 14.3 Å². The van der Waals surface area contributed by atoms with Gasteiger partial charge in [-0.3, -0.25) is 9.59 Å². The van der Waals surface area contributed by atoms with E-state index in [-0.39, 0.29) is 11.8 Å². The number of hydrogen-bond donors (Lipinski definition) is 1. The summed E-state index contributed by atoms with van der Waals surface area (Å²) < 4.78 is 8.25. The van der Waals surface area contributed by atoms with Crippen LogP contribution in [0.5, 0.6) is 5.75 Å². The van der Waals surface area contributed by atoms with E-state index in [1.807, 2.05) is 34.0 Å². The Morgan fingerprint density at radius 2 is 1.96 bits per heavy atom. The zero-order chi connectivity index (χ0) is 19.1. The molecule has 2 heterocycles. The first-order valence-electron chi connectivity index (χ1n) is 8.39. The van der Waals surface area contributed by atoms with Crippen LogP contribution in [0.2, 0.25) is 0 Å². The van der Waals surface area contributed by atoms with Crippen molar-refractivity contribution in [1.82, 2.24) is 4.57 Å². The van der Waals surface area contributed by atoms with Gasteiger partial charge in [0.05, 0.1) is 12.2 Å². The Hall–Kier alpha value is -2.28. The second-order valence-corrected chi connectivity index (χ2v) is 8.26. The van der Waals surface area contributed by atoms with Crippen LogP contribution in [-0.4, -0.2) is 29.5 Å². The highest BCUT2D eigenvalue weighted by Gasteiger charge is 2.32. The Morgan fingerprint density at radius 3 is 2.58 bits per heavy atom. The van der Waals surface area contributed by atoms with E-state index in [4.69, 9.17) is 4.74 Å². The molecule has 1 aliphatic heterocycles. The van der Waals surface area contributed by atoms with Crippen LogP contribution in [0.4, 0.5) is 11.4 Å². The Kier molecular flexibility index (Phi) is 4.84. The molecule has 6 nitrogen and oxygen atoms in total. The Bertz CT molecular complexity index is 867. The van der Waals surface area contributed by atoms with Gasteiger partial charge >= 0.3 is 0 Å². The van der Waals surface area contributed by atoms with Crippen LogP contribution >= 0.6 is 15.9 Å². The number of carbonyl (C=O) groups excluding carboxylic acids is 2. The van der Waals surface area contributed by atoms with E-state index in [9.17, 15) is 9.59 Å². The molecule has 26 heavy (non-hydrogen) atoms. The van der Waals surface area contributed by atoms with Gasteiger partial charge in [0.15, 0.2) is 0 Å². The lowest BCUT2D eigenvalue weighted by Crippen LogP contribution is -2.44. The molecular weight excluding hydrogens is 398 g/mol. The topological polar surface area (TPSA) is 63.6 Å². The maximum atomic E-state index is 12.8. The number of benzene rings is 1. The SMILES string of the molecule is Cn1cc(Br)cc1C(=O)Nc1ccc2c(c1)N(C(=O)C(C)(C)C)CCO2. The zero-order valence-electron chi connectivity index (χ0n) is 15.3. The monoisotopic (exact) mass is 419 g/mol. The molecule has 0 saturated heterocycles. The number of nitrogens with zero attached hydrogens (tertiary/aromatic N) is 2.